The maximum absolute atomic E-state index is 11.3. The Morgan fingerprint density at radius 1 is 1.46 bits per heavy atom. The molecule has 1 amide bonds. The second-order valence-corrected chi connectivity index (χ2v) is 2.53. The van der Waals surface area contributed by atoms with E-state index in [4.69, 9.17) is 10.8 Å². The zero-order valence-corrected chi connectivity index (χ0v) is 7.16. The molecular formula is C9H12N2O2. The summed E-state index contributed by atoms with van der Waals surface area (Å²) in [4.78, 5) is 11.3. The molecule has 0 saturated heterocycles. The van der Waals surface area contributed by atoms with Gasteiger partial charge in [-0.2, -0.15) is 0 Å². The van der Waals surface area contributed by atoms with Gasteiger partial charge in [-0.05, 0) is 11.6 Å². The Hall–Kier alpha value is -1.39. The largest absolute Gasteiger partial charge is 0.392 e. The van der Waals surface area contributed by atoms with Gasteiger partial charge < -0.3 is 16.2 Å². The van der Waals surface area contributed by atoms with E-state index in [2.05, 4.69) is 5.32 Å². The predicted molar refractivity (Wildman–Crippen MR) is 48.9 cm³/mol. The number of rotatable bonds is 3. The van der Waals surface area contributed by atoms with E-state index in [1.807, 2.05) is 0 Å². The average Bonchev–Trinajstić information content (AvgIpc) is 2.18. The predicted octanol–water partition coefficient (Wildman–Crippen LogP) is -0.175. The molecule has 4 nitrogen and oxygen atoms in total. The third kappa shape index (κ3) is 2.27. The molecule has 0 spiro atoms. The first-order valence-corrected chi connectivity index (χ1v) is 3.96. The van der Waals surface area contributed by atoms with Gasteiger partial charge in [-0.25, -0.2) is 0 Å². The second kappa shape index (κ2) is 4.59. The van der Waals surface area contributed by atoms with Crippen molar-refractivity contribution >= 4 is 5.91 Å². The van der Waals surface area contributed by atoms with Crippen LogP contribution in [0.1, 0.15) is 15.9 Å². The lowest BCUT2D eigenvalue weighted by Gasteiger charge is -2.05. The van der Waals surface area contributed by atoms with Crippen LogP contribution in [0.25, 0.3) is 0 Å². The van der Waals surface area contributed by atoms with Crippen LogP contribution in [0.15, 0.2) is 24.3 Å². The van der Waals surface area contributed by atoms with E-state index in [1.165, 1.54) is 0 Å². The molecule has 4 N–H and O–H groups in total. The Morgan fingerprint density at radius 2 is 2.15 bits per heavy atom. The number of hydrogen-bond acceptors (Lipinski definition) is 3. The number of nitrogens with one attached hydrogen (secondary N) is 1. The molecule has 0 aliphatic heterocycles. The van der Waals surface area contributed by atoms with Gasteiger partial charge in [-0.3, -0.25) is 4.79 Å². The van der Waals surface area contributed by atoms with Crippen LogP contribution in [0.4, 0.5) is 0 Å². The van der Waals surface area contributed by atoms with Crippen molar-refractivity contribution in [3.63, 3.8) is 0 Å². The highest BCUT2D eigenvalue weighted by Crippen LogP contribution is 2.07. The van der Waals surface area contributed by atoms with Crippen LogP contribution in [0.3, 0.4) is 0 Å². The van der Waals surface area contributed by atoms with Crippen LogP contribution < -0.4 is 11.1 Å². The Labute approximate surface area is 76.4 Å². The first kappa shape index (κ1) is 9.70. The number of carbonyl (C=O) groups is 1. The monoisotopic (exact) mass is 180 g/mol. The van der Waals surface area contributed by atoms with E-state index in [0.717, 1.165) is 0 Å². The standard InChI is InChI=1S/C9H12N2O2/c10-6-11-9(13)8-4-2-1-3-7(8)5-12/h1-4,12H,5-6,10H2,(H,11,13). The van der Waals surface area contributed by atoms with E-state index in [0.29, 0.717) is 11.1 Å². The van der Waals surface area contributed by atoms with Gasteiger partial charge >= 0.3 is 0 Å². The molecule has 0 aliphatic rings. The van der Waals surface area contributed by atoms with Gasteiger partial charge in [0.1, 0.15) is 0 Å². The lowest BCUT2D eigenvalue weighted by atomic mass is 10.1. The van der Waals surface area contributed by atoms with Gasteiger partial charge in [0.05, 0.1) is 13.3 Å². The smallest absolute Gasteiger partial charge is 0.252 e. The maximum Gasteiger partial charge on any atom is 0.252 e. The summed E-state index contributed by atoms with van der Waals surface area (Å²) in [6.07, 6.45) is 0. The number of amides is 1. The number of hydrogen-bond donors (Lipinski definition) is 3. The molecule has 4 heteroatoms. The first-order valence-electron chi connectivity index (χ1n) is 3.96. The molecule has 0 heterocycles. The number of aliphatic hydroxyl groups excluding tert-OH is 1. The number of benzene rings is 1. The van der Waals surface area contributed by atoms with Gasteiger partial charge in [0.25, 0.3) is 5.91 Å². The zero-order chi connectivity index (χ0) is 9.68. The van der Waals surface area contributed by atoms with Crippen LogP contribution in [-0.4, -0.2) is 17.7 Å². The quantitative estimate of drug-likeness (QED) is 0.565. The van der Waals surface area contributed by atoms with Gasteiger partial charge in [-0.1, -0.05) is 18.2 Å². The zero-order valence-electron chi connectivity index (χ0n) is 7.16. The highest BCUT2D eigenvalue weighted by molar-refractivity contribution is 5.95. The van der Waals surface area contributed by atoms with E-state index < -0.39 is 0 Å². The minimum Gasteiger partial charge on any atom is -0.392 e. The highest BCUT2D eigenvalue weighted by Gasteiger charge is 2.07. The van der Waals surface area contributed by atoms with Gasteiger partial charge in [0, 0.05) is 5.56 Å². The molecule has 13 heavy (non-hydrogen) atoms. The molecular weight excluding hydrogens is 168 g/mol. The van der Waals surface area contributed by atoms with Crippen molar-refractivity contribution < 1.29 is 9.90 Å². The van der Waals surface area contributed by atoms with Crippen molar-refractivity contribution in [2.75, 3.05) is 6.67 Å². The van der Waals surface area contributed by atoms with Crippen LogP contribution in [0, 0.1) is 0 Å². The molecule has 1 rings (SSSR count). The fraction of sp³-hybridized carbons (Fsp3) is 0.222. The summed E-state index contributed by atoms with van der Waals surface area (Å²) in [5.41, 5.74) is 6.24. The number of nitrogens with two attached hydrogens (primary N) is 1. The third-order valence-electron chi connectivity index (χ3n) is 1.69. The number of carbonyl (C=O) groups excluding carboxylic acids is 1. The summed E-state index contributed by atoms with van der Waals surface area (Å²) in [6, 6.07) is 6.86. The van der Waals surface area contributed by atoms with Gasteiger partial charge in [-0.15, -0.1) is 0 Å². The van der Waals surface area contributed by atoms with Gasteiger partial charge in [0.2, 0.25) is 0 Å². The molecule has 0 atom stereocenters. The average molecular weight is 180 g/mol. The topological polar surface area (TPSA) is 75.3 Å². The first-order chi connectivity index (χ1) is 6.29. The lowest BCUT2D eigenvalue weighted by molar-refractivity contribution is 0.0951. The SMILES string of the molecule is NCNC(=O)c1ccccc1CO. The summed E-state index contributed by atoms with van der Waals surface area (Å²) < 4.78 is 0. The van der Waals surface area contributed by atoms with Crippen LogP contribution in [0.2, 0.25) is 0 Å². The van der Waals surface area contributed by atoms with E-state index in [1.54, 1.807) is 24.3 Å². The molecule has 0 aromatic heterocycles. The van der Waals surface area contributed by atoms with Crippen molar-refractivity contribution in [2.24, 2.45) is 5.73 Å². The fourth-order valence-corrected chi connectivity index (χ4v) is 1.07. The second-order valence-electron chi connectivity index (χ2n) is 2.53. The Bertz CT molecular complexity index is 299. The van der Waals surface area contributed by atoms with Crippen molar-refractivity contribution in [1.29, 1.82) is 0 Å². The summed E-state index contributed by atoms with van der Waals surface area (Å²) in [5.74, 6) is -0.257. The minimum absolute atomic E-state index is 0.0958. The summed E-state index contributed by atoms with van der Waals surface area (Å²) in [5, 5.41) is 11.4. The number of aliphatic hydroxyl groups is 1. The van der Waals surface area contributed by atoms with E-state index in [-0.39, 0.29) is 19.2 Å². The third-order valence-corrected chi connectivity index (χ3v) is 1.69. The molecule has 0 saturated carbocycles. The lowest BCUT2D eigenvalue weighted by Crippen LogP contribution is -2.30. The molecule has 0 unspecified atom stereocenters. The van der Waals surface area contributed by atoms with Crippen molar-refractivity contribution in [1.82, 2.24) is 5.32 Å². The summed E-state index contributed by atoms with van der Waals surface area (Å²) in [6.45, 7) is -0.0488. The van der Waals surface area contributed by atoms with Crippen LogP contribution in [0.5, 0.6) is 0 Å². The molecule has 1 aromatic carbocycles. The molecule has 0 bridgehead atoms. The maximum atomic E-state index is 11.3. The highest BCUT2D eigenvalue weighted by atomic mass is 16.3. The van der Waals surface area contributed by atoms with Crippen molar-refractivity contribution in [3.05, 3.63) is 35.4 Å². The molecule has 70 valence electrons. The Morgan fingerprint density at radius 3 is 2.77 bits per heavy atom. The Balaban J connectivity index is 2.92. The van der Waals surface area contributed by atoms with Gasteiger partial charge in [0.15, 0.2) is 0 Å². The molecule has 0 fully saturated rings. The minimum atomic E-state index is -0.257. The molecule has 0 aliphatic carbocycles. The summed E-state index contributed by atoms with van der Waals surface area (Å²) in [7, 11) is 0. The van der Waals surface area contributed by atoms with Crippen LogP contribution >= 0.6 is 0 Å². The fourth-order valence-electron chi connectivity index (χ4n) is 1.07. The van der Waals surface area contributed by atoms with Crippen LogP contribution in [-0.2, 0) is 6.61 Å². The normalized spacial score (nSPS) is 9.69. The van der Waals surface area contributed by atoms with Crippen molar-refractivity contribution in [2.45, 2.75) is 6.61 Å². The summed E-state index contributed by atoms with van der Waals surface area (Å²) >= 11 is 0. The van der Waals surface area contributed by atoms with E-state index >= 15 is 0 Å². The molecule has 1 aromatic rings. The Kier molecular flexibility index (Phi) is 3.42. The molecule has 0 radical (unpaired) electrons. The van der Waals surface area contributed by atoms with Crippen molar-refractivity contribution in [3.8, 4) is 0 Å². The van der Waals surface area contributed by atoms with E-state index in [9.17, 15) is 4.79 Å².